The Morgan fingerprint density at radius 1 is 1.29 bits per heavy atom. The van der Waals surface area contributed by atoms with E-state index in [1.165, 1.54) is 10.4 Å². The maximum Gasteiger partial charge on any atom is 0.0555 e. The van der Waals surface area contributed by atoms with Crippen LogP contribution < -0.4 is 10.6 Å². The molecule has 1 aromatic heterocycles. The van der Waals surface area contributed by atoms with Crippen LogP contribution in [0.4, 0.5) is 0 Å². The molecule has 0 fully saturated rings. The lowest BCUT2D eigenvalue weighted by Crippen LogP contribution is -2.28. The molecule has 1 rings (SSSR count). The highest BCUT2D eigenvalue weighted by Gasteiger charge is 1.95. The summed E-state index contributed by atoms with van der Waals surface area (Å²) in [6.45, 7) is 5.80. The standard InChI is InChI=1S/C10H18N2OS/c1-9-6-10(14-8-9)7-12-3-2-11-4-5-13/h6,8,11-13H,2-5,7H2,1H3. The Morgan fingerprint density at radius 2 is 2.07 bits per heavy atom. The van der Waals surface area contributed by atoms with Gasteiger partial charge in [0.25, 0.3) is 0 Å². The quantitative estimate of drug-likeness (QED) is 0.586. The van der Waals surface area contributed by atoms with Gasteiger partial charge in [-0.1, -0.05) is 0 Å². The second kappa shape index (κ2) is 6.95. The zero-order chi connectivity index (χ0) is 10.2. The number of aryl methyl sites for hydroxylation is 1. The lowest BCUT2D eigenvalue weighted by molar-refractivity contribution is 0.292. The predicted molar refractivity (Wildman–Crippen MR) is 60.7 cm³/mol. The maximum absolute atomic E-state index is 8.52. The van der Waals surface area contributed by atoms with E-state index >= 15 is 0 Å². The average Bonchev–Trinajstić information content (AvgIpc) is 2.58. The van der Waals surface area contributed by atoms with E-state index in [4.69, 9.17) is 5.11 Å². The highest BCUT2D eigenvalue weighted by Crippen LogP contribution is 2.12. The molecule has 0 aromatic carbocycles. The number of rotatable bonds is 7. The Morgan fingerprint density at radius 3 is 2.71 bits per heavy atom. The lowest BCUT2D eigenvalue weighted by atomic mass is 10.3. The van der Waals surface area contributed by atoms with Gasteiger partial charge in [-0.15, -0.1) is 11.3 Å². The van der Waals surface area contributed by atoms with Crippen LogP contribution in [0.15, 0.2) is 11.4 Å². The van der Waals surface area contributed by atoms with E-state index in [9.17, 15) is 0 Å². The molecule has 0 radical (unpaired) electrons. The molecule has 0 aliphatic carbocycles. The summed E-state index contributed by atoms with van der Waals surface area (Å²) < 4.78 is 0. The topological polar surface area (TPSA) is 44.3 Å². The minimum atomic E-state index is 0.212. The molecule has 0 saturated carbocycles. The van der Waals surface area contributed by atoms with Crippen molar-refractivity contribution in [3.63, 3.8) is 0 Å². The molecule has 14 heavy (non-hydrogen) atoms. The maximum atomic E-state index is 8.52. The lowest BCUT2D eigenvalue weighted by Gasteiger charge is -2.03. The molecule has 0 spiro atoms. The summed E-state index contributed by atoms with van der Waals surface area (Å²) in [6.07, 6.45) is 0. The summed E-state index contributed by atoms with van der Waals surface area (Å²) >= 11 is 1.79. The Labute approximate surface area is 89.2 Å². The molecule has 0 aliphatic rings. The van der Waals surface area contributed by atoms with Gasteiger partial charge in [-0.3, -0.25) is 0 Å². The molecular weight excluding hydrogens is 196 g/mol. The fourth-order valence-corrected chi connectivity index (χ4v) is 2.02. The Kier molecular flexibility index (Phi) is 5.78. The summed E-state index contributed by atoms with van der Waals surface area (Å²) in [4.78, 5) is 1.38. The first-order chi connectivity index (χ1) is 6.83. The first-order valence-corrected chi connectivity index (χ1v) is 5.77. The van der Waals surface area contributed by atoms with Crippen LogP contribution in [0.1, 0.15) is 10.4 Å². The second-order valence-corrected chi connectivity index (χ2v) is 4.24. The van der Waals surface area contributed by atoms with Gasteiger partial charge in [-0.2, -0.15) is 0 Å². The summed E-state index contributed by atoms with van der Waals surface area (Å²) in [6, 6.07) is 2.21. The number of thiophene rings is 1. The van der Waals surface area contributed by atoms with Crippen molar-refractivity contribution in [1.82, 2.24) is 10.6 Å². The number of hydrogen-bond acceptors (Lipinski definition) is 4. The predicted octanol–water partition coefficient (Wildman–Crippen LogP) is 0.728. The Bertz CT molecular complexity index is 250. The molecule has 0 unspecified atom stereocenters. The van der Waals surface area contributed by atoms with Crippen molar-refractivity contribution in [3.8, 4) is 0 Å². The van der Waals surface area contributed by atoms with Crippen molar-refractivity contribution in [2.24, 2.45) is 0 Å². The number of nitrogens with one attached hydrogen (secondary N) is 2. The van der Waals surface area contributed by atoms with Crippen molar-refractivity contribution in [3.05, 3.63) is 21.9 Å². The first-order valence-electron chi connectivity index (χ1n) is 4.89. The summed E-state index contributed by atoms with van der Waals surface area (Å²) in [5.74, 6) is 0. The van der Waals surface area contributed by atoms with E-state index in [0.29, 0.717) is 6.54 Å². The Hall–Kier alpha value is -0.420. The van der Waals surface area contributed by atoms with Crippen LogP contribution in [0, 0.1) is 6.92 Å². The molecule has 0 aliphatic heterocycles. The van der Waals surface area contributed by atoms with Crippen LogP contribution in [0.25, 0.3) is 0 Å². The summed E-state index contributed by atoms with van der Waals surface area (Å²) in [5.41, 5.74) is 1.34. The molecule has 0 saturated heterocycles. The number of hydrogen-bond donors (Lipinski definition) is 3. The van der Waals surface area contributed by atoms with E-state index in [0.717, 1.165) is 19.6 Å². The van der Waals surface area contributed by atoms with Gasteiger partial charge in [0.15, 0.2) is 0 Å². The highest BCUT2D eigenvalue weighted by atomic mass is 32.1. The van der Waals surface area contributed by atoms with E-state index < -0.39 is 0 Å². The molecule has 4 heteroatoms. The Balaban J connectivity index is 1.99. The van der Waals surface area contributed by atoms with Gasteiger partial charge < -0.3 is 15.7 Å². The molecule has 1 heterocycles. The third kappa shape index (κ3) is 4.72. The molecule has 0 bridgehead atoms. The van der Waals surface area contributed by atoms with E-state index in [-0.39, 0.29) is 6.61 Å². The monoisotopic (exact) mass is 214 g/mol. The largest absolute Gasteiger partial charge is 0.395 e. The first kappa shape index (κ1) is 11.7. The van der Waals surface area contributed by atoms with E-state index in [1.807, 2.05) is 0 Å². The number of aliphatic hydroxyl groups is 1. The molecular formula is C10H18N2OS. The third-order valence-electron chi connectivity index (χ3n) is 1.85. The van der Waals surface area contributed by atoms with Gasteiger partial charge in [-0.25, -0.2) is 0 Å². The zero-order valence-corrected chi connectivity index (χ0v) is 9.36. The molecule has 0 amide bonds. The van der Waals surface area contributed by atoms with Crippen LogP contribution in [0.5, 0.6) is 0 Å². The van der Waals surface area contributed by atoms with Crippen molar-refractivity contribution >= 4 is 11.3 Å². The van der Waals surface area contributed by atoms with Crippen molar-refractivity contribution in [1.29, 1.82) is 0 Å². The van der Waals surface area contributed by atoms with Crippen LogP contribution in [0.3, 0.4) is 0 Å². The molecule has 3 nitrogen and oxygen atoms in total. The van der Waals surface area contributed by atoms with Crippen LogP contribution in [-0.4, -0.2) is 31.3 Å². The minimum absolute atomic E-state index is 0.212. The van der Waals surface area contributed by atoms with Crippen LogP contribution >= 0.6 is 11.3 Å². The summed E-state index contributed by atoms with van der Waals surface area (Å²) in [5, 5.41) is 17.1. The molecule has 80 valence electrons. The minimum Gasteiger partial charge on any atom is -0.395 e. The van der Waals surface area contributed by atoms with Crippen LogP contribution in [0.2, 0.25) is 0 Å². The van der Waals surface area contributed by atoms with Gasteiger partial charge in [0, 0.05) is 31.1 Å². The highest BCUT2D eigenvalue weighted by molar-refractivity contribution is 7.10. The van der Waals surface area contributed by atoms with E-state index in [1.54, 1.807) is 11.3 Å². The fourth-order valence-electron chi connectivity index (χ4n) is 1.18. The van der Waals surface area contributed by atoms with Gasteiger partial charge in [-0.05, 0) is 23.9 Å². The smallest absolute Gasteiger partial charge is 0.0555 e. The van der Waals surface area contributed by atoms with Gasteiger partial charge >= 0.3 is 0 Å². The van der Waals surface area contributed by atoms with Crippen molar-refractivity contribution < 1.29 is 5.11 Å². The van der Waals surface area contributed by atoms with Gasteiger partial charge in [0.2, 0.25) is 0 Å². The van der Waals surface area contributed by atoms with E-state index in [2.05, 4.69) is 29.0 Å². The second-order valence-electron chi connectivity index (χ2n) is 3.24. The van der Waals surface area contributed by atoms with Crippen molar-refractivity contribution in [2.75, 3.05) is 26.2 Å². The number of aliphatic hydroxyl groups excluding tert-OH is 1. The normalized spacial score (nSPS) is 10.7. The molecule has 1 aromatic rings. The van der Waals surface area contributed by atoms with Gasteiger partial charge in [0.1, 0.15) is 0 Å². The summed E-state index contributed by atoms with van der Waals surface area (Å²) in [7, 11) is 0. The van der Waals surface area contributed by atoms with Crippen LogP contribution in [-0.2, 0) is 6.54 Å². The zero-order valence-electron chi connectivity index (χ0n) is 8.55. The van der Waals surface area contributed by atoms with Crippen molar-refractivity contribution in [2.45, 2.75) is 13.5 Å². The fraction of sp³-hybridized carbons (Fsp3) is 0.600. The average molecular weight is 214 g/mol. The molecule has 3 N–H and O–H groups in total. The van der Waals surface area contributed by atoms with Gasteiger partial charge in [0.05, 0.1) is 6.61 Å². The third-order valence-corrected chi connectivity index (χ3v) is 2.91. The molecule has 0 atom stereocenters. The SMILES string of the molecule is Cc1csc(CNCCNCCO)c1.